The maximum atomic E-state index is 4.37. The molecule has 0 bridgehead atoms. The first-order valence-electron chi connectivity index (χ1n) is 5.23. The maximum Gasteiger partial charge on any atom is 0.225 e. The molecule has 1 saturated heterocycles. The number of rotatable bonds is 2. The topological polar surface area (TPSA) is 29.0 Å². The van der Waals surface area contributed by atoms with Gasteiger partial charge in [-0.3, -0.25) is 0 Å². The fourth-order valence-corrected chi connectivity index (χ4v) is 1.65. The molecule has 0 unspecified atom stereocenters. The van der Waals surface area contributed by atoms with E-state index in [9.17, 15) is 0 Å². The molecule has 0 aliphatic carbocycles. The van der Waals surface area contributed by atoms with Gasteiger partial charge in [0.05, 0.1) is 0 Å². The Morgan fingerprint density at radius 2 is 1.86 bits per heavy atom. The molecule has 0 atom stereocenters. The Morgan fingerprint density at radius 1 is 1.29 bits per heavy atom. The van der Waals surface area contributed by atoms with Crippen molar-refractivity contribution < 1.29 is 0 Å². The first-order chi connectivity index (χ1) is 6.66. The van der Waals surface area contributed by atoms with E-state index in [-0.39, 0.29) is 0 Å². The average Bonchev–Trinajstić information content (AvgIpc) is 2.13. The van der Waals surface area contributed by atoms with E-state index in [4.69, 9.17) is 0 Å². The van der Waals surface area contributed by atoms with Crippen molar-refractivity contribution in [3.8, 4) is 0 Å². The molecule has 0 amide bonds. The maximum absolute atomic E-state index is 4.37. The van der Waals surface area contributed by atoms with Gasteiger partial charge < -0.3 is 4.90 Å². The highest BCUT2D eigenvalue weighted by Gasteiger charge is 2.24. The summed E-state index contributed by atoms with van der Waals surface area (Å²) in [6, 6.07) is 0. The van der Waals surface area contributed by atoms with Crippen LogP contribution in [-0.2, 0) is 0 Å². The molecule has 0 N–H and O–H groups in total. The lowest BCUT2D eigenvalue weighted by Crippen LogP contribution is -2.46. The van der Waals surface area contributed by atoms with Crippen molar-refractivity contribution in [1.82, 2.24) is 9.97 Å². The SMILES string of the molecule is CC1CN(c2ncc(C(C)C)cn2)C1. The largest absolute Gasteiger partial charge is 0.340 e. The van der Waals surface area contributed by atoms with Crippen LogP contribution >= 0.6 is 0 Å². The highest BCUT2D eigenvalue weighted by molar-refractivity contribution is 5.34. The molecule has 1 aliphatic rings. The molecule has 3 nitrogen and oxygen atoms in total. The van der Waals surface area contributed by atoms with Crippen LogP contribution < -0.4 is 4.90 Å². The minimum atomic E-state index is 0.513. The van der Waals surface area contributed by atoms with Crippen molar-refractivity contribution in [1.29, 1.82) is 0 Å². The van der Waals surface area contributed by atoms with Gasteiger partial charge in [0.15, 0.2) is 0 Å². The molecule has 14 heavy (non-hydrogen) atoms. The zero-order chi connectivity index (χ0) is 10.1. The van der Waals surface area contributed by atoms with E-state index in [1.54, 1.807) is 0 Å². The van der Waals surface area contributed by atoms with Crippen LogP contribution in [0.5, 0.6) is 0 Å². The van der Waals surface area contributed by atoms with Crippen molar-refractivity contribution >= 4 is 5.95 Å². The molecule has 1 aromatic rings. The van der Waals surface area contributed by atoms with E-state index in [1.165, 1.54) is 5.56 Å². The van der Waals surface area contributed by atoms with Crippen molar-refractivity contribution in [2.24, 2.45) is 5.92 Å². The Balaban J connectivity index is 2.07. The van der Waals surface area contributed by atoms with Crippen LogP contribution in [0.1, 0.15) is 32.3 Å². The van der Waals surface area contributed by atoms with E-state index >= 15 is 0 Å². The predicted octanol–water partition coefficient (Wildman–Crippen LogP) is 2.06. The molecule has 1 fully saturated rings. The van der Waals surface area contributed by atoms with Crippen LogP contribution in [0.25, 0.3) is 0 Å². The first-order valence-corrected chi connectivity index (χ1v) is 5.23. The Labute approximate surface area is 85.2 Å². The Hall–Kier alpha value is -1.12. The zero-order valence-electron chi connectivity index (χ0n) is 9.07. The number of hydrogen-bond donors (Lipinski definition) is 0. The fourth-order valence-electron chi connectivity index (χ4n) is 1.65. The van der Waals surface area contributed by atoms with E-state index in [2.05, 4.69) is 35.6 Å². The minimum Gasteiger partial charge on any atom is -0.340 e. The van der Waals surface area contributed by atoms with E-state index < -0.39 is 0 Å². The van der Waals surface area contributed by atoms with Gasteiger partial charge in [-0.15, -0.1) is 0 Å². The van der Waals surface area contributed by atoms with Gasteiger partial charge in [0.25, 0.3) is 0 Å². The summed E-state index contributed by atoms with van der Waals surface area (Å²) < 4.78 is 0. The first kappa shape index (κ1) is 9.44. The van der Waals surface area contributed by atoms with Crippen LogP contribution in [0.4, 0.5) is 5.95 Å². The van der Waals surface area contributed by atoms with Crippen LogP contribution in [0.3, 0.4) is 0 Å². The molecular weight excluding hydrogens is 174 g/mol. The van der Waals surface area contributed by atoms with Crippen LogP contribution in [-0.4, -0.2) is 23.1 Å². The van der Waals surface area contributed by atoms with Crippen molar-refractivity contribution in [2.75, 3.05) is 18.0 Å². The molecule has 2 rings (SSSR count). The van der Waals surface area contributed by atoms with Crippen molar-refractivity contribution in [3.63, 3.8) is 0 Å². The Morgan fingerprint density at radius 3 is 2.29 bits per heavy atom. The molecule has 2 heterocycles. The number of aromatic nitrogens is 2. The second-order valence-electron chi connectivity index (χ2n) is 4.48. The monoisotopic (exact) mass is 191 g/mol. The lowest BCUT2D eigenvalue weighted by Gasteiger charge is -2.37. The molecule has 0 radical (unpaired) electrons. The quantitative estimate of drug-likeness (QED) is 0.716. The summed E-state index contributed by atoms with van der Waals surface area (Å²) in [7, 11) is 0. The normalized spacial score (nSPS) is 17.3. The number of hydrogen-bond acceptors (Lipinski definition) is 3. The number of anilines is 1. The summed E-state index contributed by atoms with van der Waals surface area (Å²) in [5.41, 5.74) is 1.21. The average molecular weight is 191 g/mol. The zero-order valence-corrected chi connectivity index (χ0v) is 9.07. The Kier molecular flexibility index (Phi) is 2.40. The summed E-state index contributed by atoms with van der Waals surface area (Å²) in [6.07, 6.45) is 3.88. The summed E-state index contributed by atoms with van der Waals surface area (Å²) in [6.45, 7) is 8.76. The van der Waals surface area contributed by atoms with Gasteiger partial charge in [0.1, 0.15) is 0 Å². The van der Waals surface area contributed by atoms with E-state index in [0.29, 0.717) is 5.92 Å². The second kappa shape index (κ2) is 3.56. The summed E-state index contributed by atoms with van der Waals surface area (Å²) in [5.74, 6) is 2.19. The van der Waals surface area contributed by atoms with Gasteiger partial charge in [-0.1, -0.05) is 20.8 Å². The minimum absolute atomic E-state index is 0.513. The molecule has 0 aromatic carbocycles. The molecule has 1 aromatic heterocycles. The Bertz CT molecular complexity index is 299. The fraction of sp³-hybridized carbons (Fsp3) is 0.636. The molecule has 1 aliphatic heterocycles. The third-order valence-corrected chi connectivity index (χ3v) is 2.67. The van der Waals surface area contributed by atoms with Gasteiger partial charge in [-0.05, 0) is 17.4 Å². The highest BCUT2D eigenvalue weighted by Crippen LogP contribution is 2.21. The van der Waals surface area contributed by atoms with Gasteiger partial charge in [-0.2, -0.15) is 0 Å². The summed E-state index contributed by atoms with van der Waals surface area (Å²) in [4.78, 5) is 11.0. The standard InChI is InChI=1S/C11H17N3/c1-8(2)10-4-12-11(13-5-10)14-6-9(3)7-14/h4-5,8-9H,6-7H2,1-3H3. The van der Waals surface area contributed by atoms with Crippen LogP contribution in [0.2, 0.25) is 0 Å². The summed E-state index contributed by atoms with van der Waals surface area (Å²) >= 11 is 0. The van der Waals surface area contributed by atoms with Gasteiger partial charge in [0, 0.05) is 25.5 Å². The lowest BCUT2D eigenvalue weighted by atomic mass is 10.0. The smallest absolute Gasteiger partial charge is 0.225 e. The molecule has 0 spiro atoms. The molecule has 76 valence electrons. The summed E-state index contributed by atoms with van der Waals surface area (Å²) in [5, 5.41) is 0. The van der Waals surface area contributed by atoms with Gasteiger partial charge >= 0.3 is 0 Å². The van der Waals surface area contributed by atoms with Gasteiger partial charge in [-0.25, -0.2) is 9.97 Å². The molecular formula is C11H17N3. The lowest BCUT2D eigenvalue weighted by molar-refractivity contribution is 0.439. The molecule has 3 heteroatoms. The van der Waals surface area contributed by atoms with E-state index in [1.807, 2.05) is 12.4 Å². The third-order valence-electron chi connectivity index (χ3n) is 2.67. The highest BCUT2D eigenvalue weighted by atomic mass is 15.3. The predicted molar refractivity (Wildman–Crippen MR) is 57.5 cm³/mol. The van der Waals surface area contributed by atoms with Crippen LogP contribution in [0.15, 0.2) is 12.4 Å². The molecule has 0 saturated carbocycles. The van der Waals surface area contributed by atoms with Crippen molar-refractivity contribution in [2.45, 2.75) is 26.7 Å². The van der Waals surface area contributed by atoms with Crippen LogP contribution in [0, 0.1) is 5.92 Å². The van der Waals surface area contributed by atoms with Gasteiger partial charge in [0.2, 0.25) is 5.95 Å². The van der Waals surface area contributed by atoms with Crippen molar-refractivity contribution in [3.05, 3.63) is 18.0 Å². The number of nitrogens with zero attached hydrogens (tertiary/aromatic N) is 3. The second-order valence-corrected chi connectivity index (χ2v) is 4.48. The van der Waals surface area contributed by atoms with E-state index in [0.717, 1.165) is 25.0 Å². The third kappa shape index (κ3) is 1.72.